The number of rotatable bonds is 11. The molecule has 224 valence electrons. The number of para-hydroxylation sites is 1. The molecule has 2 aliphatic heterocycles. The zero-order valence-corrected chi connectivity index (χ0v) is 25.0. The molecule has 2 heterocycles. The van der Waals surface area contributed by atoms with Gasteiger partial charge in [-0.05, 0) is 60.8 Å². The predicted molar refractivity (Wildman–Crippen MR) is 158 cm³/mol. The van der Waals surface area contributed by atoms with E-state index >= 15 is 0 Å². The molecule has 2 aromatic rings. The number of fused-ring (bicyclic) bond motifs is 1. The van der Waals surface area contributed by atoms with Gasteiger partial charge in [0, 0.05) is 24.6 Å². The fourth-order valence-electron chi connectivity index (χ4n) is 6.52. The van der Waals surface area contributed by atoms with Gasteiger partial charge in [-0.25, -0.2) is 0 Å². The van der Waals surface area contributed by atoms with Crippen LogP contribution in [0.5, 0.6) is 5.75 Å². The van der Waals surface area contributed by atoms with Crippen LogP contribution in [0.25, 0.3) is 0 Å². The van der Waals surface area contributed by atoms with E-state index in [1.165, 1.54) is 7.11 Å². The lowest BCUT2D eigenvalue weighted by Crippen LogP contribution is -2.61. The number of nitrogens with one attached hydrogen (secondary N) is 1. The number of methoxy groups -OCH3 is 2. The minimum absolute atomic E-state index is 0.0208. The van der Waals surface area contributed by atoms with Crippen molar-refractivity contribution < 1.29 is 28.6 Å². The summed E-state index contributed by atoms with van der Waals surface area (Å²) in [7, 11) is 3.02. The lowest BCUT2D eigenvalue weighted by atomic mass is 9.64. The summed E-state index contributed by atoms with van der Waals surface area (Å²) in [6.45, 7) is 4.88. The zero-order chi connectivity index (χ0) is 29.9. The number of nitrogens with zero attached hydrogens (tertiary/aromatic N) is 1. The molecular formula is C34H42N2O6. The van der Waals surface area contributed by atoms with Crippen LogP contribution in [0.1, 0.15) is 50.7 Å². The van der Waals surface area contributed by atoms with Crippen molar-refractivity contribution in [1.82, 2.24) is 10.2 Å². The van der Waals surface area contributed by atoms with Crippen molar-refractivity contribution in [2.75, 3.05) is 20.8 Å². The van der Waals surface area contributed by atoms with Gasteiger partial charge in [0.05, 0.1) is 33.0 Å². The number of hydrogen-bond donors (Lipinski definition) is 1. The molecule has 1 N–H and O–H groups in total. The Hall–Kier alpha value is -3.65. The summed E-state index contributed by atoms with van der Waals surface area (Å²) < 4.78 is 17.6. The molecule has 1 saturated carbocycles. The fourth-order valence-corrected chi connectivity index (χ4v) is 6.52. The van der Waals surface area contributed by atoms with Gasteiger partial charge in [0.15, 0.2) is 0 Å². The van der Waals surface area contributed by atoms with Gasteiger partial charge >= 0.3 is 5.97 Å². The Bertz CT molecular complexity index is 1320. The SMILES string of the molecule is COC(=O)[C@]12C[C@H](CC(=O)NCCc3ccccc3OC)C(=O)N(Cc3ccccc3)C1=C[C@H](C(C)C)O[C@@H]2C1CC1. The first-order valence-corrected chi connectivity index (χ1v) is 15.0. The molecule has 2 amide bonds. The van der Waals surface area contributed by atoms with Gasteiger partial charge in [0.1, 0.15) is 11.2 Å². The summed E-state index contributed by atoms with van der Waals surface area (Å²) >= 11 is 0. The van der Waals surface area contributed by atoms with Gasteiger partial charge < -0.3 is 24.4 Å². The van der Waals surface area contributed by atoms with Crippen molar-refractivity contribution in [1.29, 1.82) is 0 Å². The molecule has 1 aliphatic carbocycles. The highest BCUT2D eigenvalue weighted by Crippen LogP contribution is 2.56. The predicted octanol–water partition coefficient (Wildman–Crippen LogP) is 4.67. The van der Waals surface area contributed by atoms with Crippen LogP contribution in [0.4, 0.5) is 0 Å². The molecule has 2 fully saturated rings. The van der Waals surface area contributed by atoms with E-state index in [4.69, 9.17) is 14.2 Å². The molecule has 3 aliphatic rings. The largest absolute Gasteiger partial charge is 0.496 e. The Balaban J connectivity index is 1.44. The highest BCUT2D eigenvalue weighted by atomic mass is 16.5. The van der Waals surface area contributed by atoms with Crippen molar-refractivity contribution in [3.05, 3.63) is 77.5 Å². The Kier molecular flexibility index (Phi) is 9.02. The van der Waals surface area contributed by atoms with E-state index in [2.05, 4.69) is 19.2 Å². The van der Waals surface area contributed by atoms with Gasteiger partial charge in [-0.3, -0.25) is 14.4 Å². The van der Waals surface area contributed by atoms with Crippen molar-refractivity contribution in [2.24, 2.45) is 23.2 Å². The summed E-state index contributed by atoms with van der Waals surface area (Å²) in [4.78, 5) is 43.1. The lowest BCUT2D eigenvalue weighted by Gasteiger charge is -2.53. The van der Waals surface area contributed by atoms with E-state index in [9.17, 15) is 14.4 Å². The van der Waals surface area contributed by atoms with Gasteiger partial charge in [0.25, 0.3) is 0 Å². The molecule has 42 heavy (non-hydrogen) atoms. The first kappa shape index (κ1) is 29.8. The summed E-state index contributed by atoms with van der Waals surface area (Å²) in [5, 5.41) is 2.98. The maximum absolute atomic E-state index is 14.2. The van der Waals surface area contributed by atoms with Crippen LogP contribution in [0.3, 0.4) is 0 Å². The second kappa shape index (κ2) is 12.7. The topological polar surface area (TPSA) is 94.2 Å². The van der Waals surface area contributed by atoms with E-state index in [0.29, 0.717) is 25.2 Å². The number of carbonyl (C=O) groups excluding carboxylic acids is 3. The molecule has 1 saturated heterocycles. The van der Waals surface area contributed by atoms with Crippen LogP contribution in [-0.2, 0) is 36.8 Å². The third-order valence-electron chi connectivity index (χ3n) is 8.82. The smallest absolute Gasteiger partial charge is 0.320 e. The van der Waals surface area contributed by atoms with Gasteiger partial charge in [0.2, 0.25) is 11.8 Å². The quantitative estimate of drug-likeness (QED) is 0.392. The number of esters is 1. The molecule has 4 atom stereocenters. The van der Waals surface area contributed by atoms with E-state index in [1.807, 2.05) is 60.7 Å². The molecule has 8 heteroatoms. The average Bonchev–Trinajstić information content (AvgIpc) is 3.84. The number of amides is 2. The van der Waals surface area contributed by atoms with Crippen LogP contribution in [0, 0.1) is 23.2 Å². The molecule has 0 aromatic heterocycles. The first-order chi connectivity index (χ1) is 20.3. The molecule has 0 bridgehead atoms. The Labute approximate surface area is 248 Å². The first-order valence-electron chi connectivity index (χ1n) is 15.0. The van der Waals surface area contributed by atoms with E-state index < -0.39 is 23.4 Å². The molecule has 0 unspecified atom stereocenters. The number of likely N-dealkylation sites (tertiary alicyclic amines) is 1. The van der Waals surface area contributed by atoms with Gasteiger partial charge in [-0.15, -0.1) is 0 Å². The molecule has 0 radical (unpaired) electrons. The highest BCUT2D eigenvalue weighted by molar-refractivity contribution is 5.92. The molecular weight excluding hydrogens is 532 g/mol. The molecule has 5 rings (SSSR count). The van der Waals surface area contributed by atoms with E-state index in [-0.39, 0.29) is 42.6 Å². The van der Waals surface area contributed by atoms with Gasteiger partial charge in [-0.1, -0.05) is 62.4 Å². The fraction of sp³-hybridized carbons (Fsp3) is 0.500. The summed E-state index contributed by atoms with van der Waals surface area (Å²) in [6, 6.07) is 17.5. The molecule has 2 aromatic carbocycles. The highest BCUT2D eigenvalue weighted by Gasteiger charge is 2.63. The number of piperidine rings is 1. The number of benzene rings is 2. The van der Waals surface area contributed by atoms with Crippen molar-refractivity contribution in [2.45, 2.75) is 64.7 Å². The number of hydrogen-bond acceptors (Lipinski definition) is 6. The third-order valence-corrected chi connectivity index (χ3v) is 8.82. The van der Waals surface area contributed by atoms with E-state index in [1.54, 1.807) is 12.0 Å². The van der Waals surface area contributed by atoms with Crippen LogP contribution in [-0.4, -0.2) is 55.7 Å². The maximum atomic E-state index is 14.2. The summed E-state index contributed by atoms with van der Waals surface area (Å²) in [6.07, 6.45) is 4.00. The Morgan fingerprint density at radius 1 is 1.07 bits per heavy atom. The summed E-state index contributed by atoms with van der Waals surface area (Å²) in [5.74, 6) is -0.338. The second-order valence-electron chi connectivity index (χ2n) is 12.0. The Morgan fingerprint density at radius 3 is 2.45 bits per heavy atom. The summed E-state index contributed by atoms with van der Waals surface area (Å²) in [5.41, 5.74) is 1.45. The van der Waals surface area contributed by atoms with Crippen molar-refractivity contribution in [3.63, 3.8) is 0 Å². The second-order valence-corrected chi connectivity index (χ2v) is 12.0. The average molecular weight is 575 g/mol. The molecule has 0 spiro atoms. The molecule has 8 nitrogen and oxygen atoms in total. The minimum atomic E-state index is -1.16. The third kappa shape index (κ3) is 5.95. The van der Waals surface area contributed by atoms with Crippen molar-refractivity contribution >= 4 is 17.8 Å². The van der Waals surface area contributed by atoms with Crippen molar-refractivity contribution in [3.8, 4) is 5.75 Å². The normalized spacial score (nSPS) is 25.5. The monoisotopic (exact) mass is 574 g/mol. The van der Waals surface area contributed by atoms with Crippen LogP contribution in [0.15, 0.2) is 66.4 Å². The standard InChI is InChI=1S/C34H42N2O6/c1-22(2)28-19-29-34(33(39)41-4,31(42-28)25-14-15-25)20-26(32(38)36(29)21-23-10-6-5-7-11-23)18-30(37)35-17-16-24-12-8-9-13-27(24)40-3/h5-13,19,22,25-26,28,31H,14-18,20-21H2,1-4H3,(H,35,37)/t26-,28+,31+,34+/m0/s1. The lowest BCUT2D eigenvalue weighted by molar-refractivity contribution is -0.182. The van der Waals surface area contributed by atoms with Gasteiger partial charge in [-0.2, -0.15) is 0 Å². The number of carbonyl (C=O) groups is 3. The zero-order valence-electron chi connectivity index (χ0n) is 25.0. The van der Waals surface area contributed by atoms with Crippen LogP contribution >= 0.6 is 0 Å². The van der Waals surface area contributed by atoms with E-state index in [0.717, 1.165) is 29.7 Å². The van der Waals surface area contributed by atoms with Crippen LogP contribution < -0.4 is 10.1 Å². The van der Waals surface area contributed by atoms with Crippen LogP contribution in [0.2, 0.25) is 0 Å². The minimum Gasteiger partial charge on any atom is -0.496 e. The maximum Gasteiger partial charge on any atom is 0.320 e. The Morgan fingerprint density at radius 2 is 1.79 bits per heavy atom. The number of ether oxygens (including phenoxy) is 3.